The lowest BCUT2D eigenvalue weighted by Crippen LogP contribution is -2.27. The minimum atomic E-state index is 0.466. The van der Waals surface area contributed by atoms with E-state index in [4.69, 9.17) is 4.74 Å². The smallest absolute Gasteiger partial charge is 0.0588 e. The Morgan fingerprint density at radius 1 is 1.54 bits per heavy atom. The Bertz CT molecular complexity index is 132. The van der Waals surface area contributed by atoms with Crippen LogP contribution in [0.15, 0.2) is 0 Å². The van der Waals surface area contributed by atoms with E-state index < -0.39 is 0 Å². The van der Waals surface area contributed by atoms with Gasteiger partial charge in [-0.15, -0.1) is 0 Å². The maximum absolute atomic E-state index is 5.50. The Morgan fingerprint density at radius 3 is 3.00 bits per heavy atom. The third-order valence-corrected chi connectivity index (χ3v) is 3.34. The molecule has 2 nitrogen and oxygen atoms in total. The molecule has 0 aliphatic carbocycles. The van der Waals surface area contributed by atoms with Crippen LogP contribution in [0, 0.1) is 5.92 Å². The van der Waals surface area contributed by atoms with E-state index in [1.807, 2.05) is 11.8 Å². The number of ether oxygens (including phenoxy) is 1. The predicted octanol–water partition coefficient (Wildman–Crippen LogP) is 1.75. The number of hydrogen-bond donors (Lipinski definition) is 1. The molecule has 13 heavy (non-hydrogen) atoms. The molecule has 1 aliphatic heterocycles. The van der Waals surface area contributed by atoms with Gasteiger partial charge < -0.3 is 10.1 Å². The lowest BCUT2D eigenvalue weighted by Gasteiger charge is -2.14. The second-order valence-corrected chi connectivity index (χ2v) is 4.66. The van der Waals surface area contributed by atoms with Crippen LogP contribution in [0.5, 0.6) is 0 Å². The van der Waals surface area contributed by atoms with Crippen LogP contribution in [0.3, 0.4) is 0 Å². The van der Waals surface area contributed by atoms with Crippen molar-refractivity contribution in [1.82, 2.24) is 5.32 Å². The average molecular weight is 203 g/mol. The van der Waals surface area contributed by atoms with Crippen LogP contribution in [0.4, 0.5) is 0 Å². The van der Waals surface area contributed by atoms with Crippen molar-refractivity contribution in [2.75, 3.05) is 31.7 Å². The summed E-state index contributed by atoms with van der Waals surface area (Å²) < 4.78 is 5.50. The molecule has 0 bridgehead atoms. The topological polar surface area (TPSA) is 21.3 Å². The maximum atomic E-state index is 5.50. The van der Waals surface area contributed by atoms with Crippen molar-refractivity contribution in [3.05, 3.63) is 0 Å². The average Bonchev–Trinajstić information content (AvgIpc) is 2.52. The Hall–Kier alpha value is 0.270. The summed E-state index contributed by atoms with van der Waals surface area (Å²) in [4.78, 5) is 0. The molecule has 1 heterocycles. The van der Waals surface area contributed by atoms with Gasteiger partial charge in [-0.3, -0.25) is 0 Å². The van der Waals surface area contributed by atoms with E-state index in [1.165, 1.54) is 18.6 Å². The van der Waals surface area contributed by atoms with E-state index in [9.17, 15) is 0 Å². The van der Waals surface area contributed by atoms with E-state index in [0.29, 0.717) is 6.10 Å². The second-order valence-electron chi connectivity index (χ2n) is 3.68. The number of thioether (sulfide) groups is 1. The second kappa shape index (κ2) is 6.68. The molecule has 2 unspecified atom stereocenters. The highest BCUT2D eigenvalue weighted by atomic mass is 32.2. The Kier molecular flexibility index (Phi) is 5.83. The number of nitrogens with one attached hydrogen (secondary N) is 1. The summed E-state index contributed by atoms with van der Waals surface area (Å²) in [5, 5.41) is 3.50. The van der Waals surface area contributed by atoms with Crippen molar-refractivity contribution >= 4 is 11.8 Å². The third-order valence-electron chi connectivity index (χ3n) is 2.64. The summed E-state index contributed by atoms with van der Waals surface area (Å²) in [7, 11) is 0. The lowest BCUT2D eigenvalue weighted by molar-refractivity contribution is 0.105. The first-order valence-corrected chi connectivity index (χ1v) is 6.55. The van der Waals surface area contributed by atoms with Gasteiger partial charge in [0.15, 0.2) is 0 Å². The van der Waals surface area contributed by atoms with Crippen LogP contribution < -0.4 is 5.32 Å². The van der Waals surface area contributed by atoms with Crippen LogP contribution in [-0.4, -0.2) is 37.8 Å². The molecule has 3 heteroatoms. The monoisotopic (exact) mass is 203 g/mol. The van der Waals surface area contributed by atoms with Crippen molar-refractivity contribution in [3.63, 3.8) is 0 Å². The summed E-state index contributed by atoms with van der Waals surface area (Å²) in [5.41, 5.74) is 0. The summed E-state index contributed by atoms with van der Waals surface area (Å²) in [6.45, 7) is 5.43. The number of rotatable bonds is 6. The maximum Gasteiger partial charge on any atom is 0.0588 e. The Morgan fingerprint density at radius 2 is 2.38 bits per heavy atom. The Labute approximate surface area is 85.8 Å². The molecule has 0 amide bonds. The minimum absolute atomic E-state index is 0.466. The molecule has 0 spiro atoms. The van der Waals surface area contributed by atoms with Gasteiger partial charge >= 0.3 is 0 Å². The summed E-state index contributed by atoms with van der Waals surface area (Å²) in [5.74, 6) is 2.01. The first-order chi connectivity index (χ1) is 6.34. The molecule has 1 fully saturated rings. The van der Waals surface area contributed by atoms with Gasteiger partial charge in [0.05, 0.1) is 6.10 Å². The Balaban J connectivity index is 1.93. The predicted molar refractivity (Wildman–Crippen MR) is 59.4 cm³/mol. The largest absolute Gasteiger partial charge is 0.378 e. The van der Waals surface area contributed by atoms with Crippen LogP contribution in [0.2, 0.25) is 0 Å². The molecule has 0 saturated carbocycles. The summed E-state index contributed by atoms with van der Waals surface area (Å²) in [6.07, 6.45) is 5.14. The first kappa shape index (κ1) is 11.3. The van der Waals surface area contributed by atoms with Crippen LogP contribution in [0.1, 0.15) is 19.8 Å². The zero-order chi connectivity index (χ0) is 9.52. The van der Waals surface area contributed by atoms with E-state index in [1.54, 1.807) is 0 Å². The molecule has 1 rings (SSSR count). The zero-order valence-corrected chi connectivity index (χ0v) is 9.53. The van der Waals surface area contributed by atoms with E-state index in [2.05, 4.69) is 18.5 Å². The van der Waals surface area contributed by atoms with Crippen molar-refractivity contribution < 1.29 is 4.74 Å². The van der Waals surface area contributed by atoms with Gasteiger partial charge in [-0.05, 0) is 44.2 Å². The third kappa shape index (κ3) is 4.34. The minimum Gasteiger partial charge on any atom is -0.378 e. The highest BCUT2D eigenvalue weighted by Gasteiger charge is 2.23. The normalized spacial score (nSPS) is 28.2. The highest BCUT2D eigenvalue weighted by Crippen LogP contribution is 2.19. The fourth-order valence-electron chi connectivity index (χ4n) is 1.67. The SMILES string of the molecule is CSCCCNCC1CCOC1C. The molecule has 0 aromatic carbocycles. The molecule has 78 valence electrons. The van der Waals surface area contributed by atoms with E-state index >= 15 is 0 Å². The van der Waals surface area contributed by atoms with Crippen molar-refractivity contribution in [3.8, 4) is 0 Å². The molecule has 1 N–H and O–H groups in total. The van der Waals surface area contributed by atoms with Gasteiger partial charge in [-0.2, -0.15) is 11.8 Å². The van der Waals surface area contributed by atoms with Gasteiger partial charge in [-0.1, -0.05) is 0 Å². The van der Waals surface area contributed by atoms with Gasteiger partial charge in [0.1, 0.15) is 0 Å². The van der Waals surface area contributed by atoms with Gasteiger partial charge in [0.2, 0.25) is 0 Å². The highest BCUT2D eigenvalue weighted by molar-refractivity contribution is 7.98. The van der Waals surface area contributed by atoms with Gasteiger partial charge in [-0.25, -0.2) is 0 Å². The molecule has 2 atom stereocenters. The molecule has 0 radical (unpaired) electrons. The molecule has 0 aromatic rings. The summed E-state index contributed by atoms with van der Waals surface area (Å²) >= 11 is 1.92. The molecule has 0 aromatic heterocycles. The van der Waals surface area contributed by atoms with Crippen LogP contribution in [-0.2, 0) is 4.74 Å². The molecule has 1 aliphatic rings. The molecule has 1 saturated heterocycles. The van der Waals surface area contributed by atoms with E-state index in [0.717, 1.165) is 25.6 Å². The quantitative estimate of drug-likeness (QED) is 0.665. The van der Waals surface area contributed by atoms with Crippen molar-refractivity contribution in [2.45, 2.75) is 25.9 Å². The van der Waals surface area contributed by atoms with E-state index in [-0.39, 0.29) is 0 Å². The van der Waals surface area contributed by atoms with Crippen molar-refractivity contribution in [1.29, 1.82) is 0 Å². The van der Waals surface area contributed by atoms with Crippen LogP contribution in [0.25, 0.3) is 0 Å². The standard InChI is InChI=1S/C10H21NOS/c1-9-10(4-6-12-9)8-11-5-3-7-13-2/h9-11H,3-8H2,1-2H3. The van der Waals surface area contributed by atoms with Gasteiger partial charge in [0.25, 0.3) is 0 Å². The van der Waals surface area contributed by atoms with Crippen LogP contribution >= 0.6 is 11.8 Å². The molecular formula is C10H21NOS. The lowest BCUT2D eigenvalue weighted by atomic mass is 10.0. The fourth-order valence-corrected chi connectivity index (χ4v) is 2.11. The zero-order valence-electron chi connectivity index (χ0n) is 8.71. The number of hydrogen-bond acceptors (Lipinski definition) is 3. The van der Waals surface area contributed by atoms with Crippen molar-refractivity contribution in [2.24, 2.45) is 5.92 Å². The first-order valence-electron chi connectivity index (χ1n) is 5.16. The fraction of sp³-hybridized carbons (Fsp3) is 1.00. The molecular weight excluding hydrogens is 182 g/mol. The summed E-state index contributed by atoms with van der Waals surface area (Å²) in [6, 6.07) is 0. The van der Waals surface area contributed by atoms with Gasteiger partial charge in [0, 0.05) is 13.2 Å².